The highest BCUT2D eigenvalue weighted by Gasteiger charge is 2.20. The summed E-state index contributed by atoms with van der Waals surface area (Å²) >= 11 is 6.07. The molecule has 1 aliphatic rings. The summed E-state index contributed by atoms with van der Waals surface area (Å²) < 4.78 is 7.37. The van der Waals surface area contributed by atoms with Crippen molar-refractivity contribution >= 4 is 17.5 Å². The zero-order valence-electron chi connectivity index (χ0n) is 12.4. The SMILES string of the molecule is Cn1nc(CNC(=O)Cc2ccccc2Cl)c2c1CCOC2. The number of hydrogen-bond donors (Lipinski definition) is 1. The van der Waals surface area contributed by atoms with Crippen LogP contribution in [-0.4, -0.2) is 22.3 Å². The van der Waals surface area contributed by atoms with Crippen LogP contribution in [0.5, 0.6) is 0 Å². The number of hydrogen-bond acceptors (Lipinski definition) is 3. The summed E-state index contributed by atoms with van der Waals surface area (Å²) in [6, 6.07) is 7.37. The number of amides is 1. The van der Waals surface area contributed by atoms with Crippen molar-refractivity contribution in [1.29, 1.82) is 0 Å². The van der Waals surface area contributed by atoms with Crippen LogP contribution in [0, 0.1) is 0 Å². The molecule has 0 radical (unpaired) electrons. The smallest absolute Gasteiger partial charge is 0.224 e. The predicted molar refractivity (Wildman–Crippen MR) is 83.6 cm³/mol. The van der Waals surface area contributed by atoms with Gasteiger partial charge in [0.1, 0.15) is 0 Å². The molecule has 0 aliphatic carbocycles. The highest BCUT2D eigenvalue weighted by atomic mass is 35.5. The minimum absolute atomic E-state index is 0.0655. The quantitative estimate of drug-likeness (QED) is 0.938. The van der Waals surface area contributed by atoms with Crippen molar-refractivity contribution in [3.8, 4) is 0 Å². The molecule has 0 atom stereocenters. The van der Waals surface area contributed by atoms with Crippen LogP contribution in [-0.2, 0) is 42.6 Å². The van der Waals surface area contributed by atoms with Crippen molar-refractivity contribution in [2.75, 3.05) is 6.61 Å². The lowest BCUT2D eigenvalue weighted by Crippen LogP contribution is -2.25. The Kier molecular flexibility index (Phi) is 4.45. The fraction of sp³-hybridized carbons (Fsp3) is 0.375. The molecule has 1 N–H and O–H groups in total. The maximum atomic E-state index is 12.1. The molecule has 2 heterocycles. The monoisotopic (exact) mass is 319 g/mol. The normalized spacial score (nSPS) is 13.7. The van der Waals surface area contributed by atoms with Gasteiger partial charge in [-0.15, -0.1) is 0 Å². The maximum absolute atomic E-state index is 12.1. The first-order valence-electron chi connectivity index (χ1n) is 7.26. The van der Waals surface area contributed by atoms with Gasteiger partial charge in [0.25, 0.3) is 0 Å². The Balaban J connectivity index is 1.63. The Morgan fingerprint density at radius 2 is 2.27 bits per heavy atom. The van der Waals surface area contributed by atoms with Gasteiger partial charge >= 0.3 is 0 Å². The second-order valence-electron chi connectivity index (χ2n) is 5.34. The van der Waals surface area contributed by atoms with Crippen molar-refractivity contribution in [2.24, 2.45) is 7.05 Å². The van der Waals surface area contributed by atoms with E-state index in [0.29, 0.717) is 18.2 Å². The Hall–Kier alpha value is -1.85. The number of aromatic nitrogens is 2. The number of carbonyl (C=O) groups excluding carboxylic acids is 1. The Morgan fingerprint density at radius 1 is 1.45 bits per heavy atom. The molecule has 1 amide bonds. The minimum atomic E-state index is -0.0655. The van der Waals surface area contributed by atoms with Crippen LogP contribution in [0.1, 0.15) is 22.5 Å². The molecule has 0 bridgehead atoms. The van der Waals surface area contributed by atoms with Crippen molar-refractivity contribution in [3.63, 3.8) is 0 Å². The molecule has 6 heteroatoms. The number of ether oxygens (including phenoxy) is 1. The van der Waals surface area contributed by atoms with E-state index in [4.69, 9.17) is 16.3 Å². The molecule has 22 heavy (non-hydrogen) atoms. The predicted octanol–water partition coefficient (Wildman–Crippen LogP) is 2.01. The summed E-state index contributed by atoms with van der Waals surface area (Å²) in [5.41, 5.74) is 4.01. The Labute approximate surface area is 134 Å². The summed E-state index contributed by atoms with van der Waals surface area (Å²) in [6.45, 7) is 1.71. The van der Waals surface area contributed by atoms with E-state index in [1.165, 1.54) is 5.69 Å². The lowest BCUT2D eigenvalue weighted by atomic mass is 10.1. The van der Waals surface area contributed by atoms with E-state index in [1.54, 1.807) is 6.07 Å². The van der Waals surface area contributed by atoms with Crippen LogP contribution >= 0.6 is 11.6 Å². The number of carbonyl (C=O) groups is 1. The summed E-state index contributed by atoms with van der Waals surface area (Å²) in [7, 11) is 1.93. The molecule has 1 aromatic carbocycles. The van der Waals surface area contributed by atoms with Crippen molar-refractivity contribution in [1.82, 2.24) is 15.1 Å². The van der Waals surface area contributed by atoms with E-state index >= 15 is 0 Å². The number of fused-ring (bicyclic) bond motifs is 1. The van der Waals surface area contributed by atoms with Gasteiger partial charge in [-0.3, -0.25) is 9.48 Å². The summed E-state index contributed by atoms with van der Waals surface area (Å²) in [5, 5.41) is 8.01. The Morgan fingerprint density at radius 3 is 3.09 bits per heavy atom. The van der Waals surface area contributed by atoms with E-state index in [1.807, 2.05) is 29.9 Å². The first-order valence-corrected chi connectivity index (χ1v) is 7.64. The van der Waals surface area contributed by atoms with E-state index in [9.17, 15) is 4.79 Å². The molecule has 0 spiro atoms. The molecule has 116 valence electrons. The molecule has 3 rings (SSSR count). The van der Waals surface area contributed by atoms with Gasteiger partial charge in [-0.1, -0.05) is 29.8 Å². The third kappa shape index (κ3) is 3.15. The lowest BCUT2D eigenvalue weighted by molar-refractivity contribution is -0.120. The van der Waals surface area contributed by atoms with Crippen molar-refractivity contribution < 1.29 is 9.53 Å². The molecule has 0 fully saturated rings. The standard InChI is InChI=1S/C16H18ClN3O2/c1-20-15-6-7-22-10-12(15)14(19-20)9-18-16(21)8-11-4-2-3-5-13(11)17/h2-5H,6-10H2,1H3,(H,18,21). The molecule has 0 saturated carbocycles. The van der Waals surface area contributed by atoms with Crippen molar-refractivity contribution in [3.05, 3.63) is 51.8 Å². The van der Waals surface area contributed by atoms with E-state index in [2.05, 4.69) is 10.4 Å². The topological polar surface area (TPSA) is 56.2 Å². The van der Waals surface area contributed by atoms with Crippen LogP contribution in [0.4, 0.5) is 0 Å². The molecule has 0 unspecified atom stereocenters. The fourth-order valence-corrected chi connectivity index (χ4v) is 2.89. The van der Waals surface area contributed by atoms with Crippen LogP contribution in [0.15, 0.2) is 24.3 Å². The van der Waals surface area contributed by atoms with Gasteiger partial charge < -0.3 is 10.1 Å². The van der Waals surface area contributed by atoms with Crippen LogP contribution < -0.4 is 5.32 Å². The van der Waals surface area contributed by atoms with E-state index in [-0.39, 0.29) is 12.3 Å². The van der Waals surface area contributed by atoms with Gasteiger partial charge in [0, 0.05) is 29.7 Å². The summed E-state index contributed by atoms with van der Waals surface area (Å²) in [5.74, 6) is -0.0655. The van der Waals surface area contributed by atoms with Crippen LogP contribution in [0.2, 0.25) is 5.02 Å². The number of benzene rings is 1. The highest BCUT2D eigenvalue weighted by molar-refractivity contribution is 6.31. The van der Waals surface area contributed by atoms with Gasteiger partial charge in [0.15, 0.2) is 0 Å². The lowest BCUT2D eigenvalue weighted by Gasteiger charge is -2.13. The fourth-order valence-electron chi connectivity index (χ4n) is 2.69. The first kappa shape index (κ1) is 15.1. The second-order valence-corrected chi connectivity index (χ2v) is 5.75. The Bertz CT molecular complexity index is 697. The van der Waals surface area contributed by atoms with Crippen molar-refractivity contribution in [2.45, 2.75) is 26.0 Å². The highest BCUT2D eigenvalue weighted by Crippen LogP contribution is 2.20. The third-order valence-corrected chi connectivity index (χ3v) is 4.22. The number of nitrogens with one attached hydrogen (secondary N) is 1. The number of rotatable bonds is 4. The zero-order chi connectivity index (χ0) is 15.5. The minimum Gasteiger partial charge on any atom is -0.376 e. The molecule has 0 saturated heterocycles. The molecule has 5 nitrogen and oxygen atoms in total. The van der Waals surface area contributed by atoms with E-state index in [0.717, 1.165) is 29.8 Å². The van der Waals surface area contributed by atoms with Crippen LogP contribution in [0.3, 0.4) is 0 Å². The molecular weight excluding hydrogens is 302 g/mol. The van der Waals surface area contributed by atoms with Gasteiger partial charge in [-0.05, 0) is 11.6 Å². The largest absolute Gasteiger partial charge is 0.376 e. The maximum Gasteiger partial charge on any atom is 0.224 e. The first-order chi connectivity index (χ1) is 10.6. The zero-order valence-corrected chi connectivity index (χ0v) is 13.2. The van der Waals surface area contributed by atoms with Crippen LogP contribution in [0.25, 0.3) is 0 Å². The second kappa shape index (κ2) is 6.50. The average Bonchev–Trinajstić information content (AvgIpc) is 2.85. The molecular formula is C16H18ClN3O2. The van der Waals surface area contributed by atoms with Gasteiger partial charge in [0.2, 0.25) is 5.91 Å². The molecule has 2 aromatic rings. The van der Waals surface area contributed by atoms with E-state index < -0.39 is 0 Å². The summed E-state index contributed by atoms with van der Waals surface area (Å²) in [4.78, 5) is 12.1. The number of nitrogens with zero attached hydrogens (tertiary/aromatic N) is 2. The average molecular weight is 320 g/mol. The molecule has 1 aliphatic heterocycles. The van der Waals surface area contributed by atoms with Gasteiger partial charge in [-0.25, -0.2) is 0 Å². The van der Waals surface area contributed by atoms with Gasteiger partial charge in [-0.2, -0.15) is 5.10 Å². The van der Waals surface area contributed by atoms with Gasteiger partial charge in [0.05, 0.1) is 31.9 Å². The number of aryl methyl sites for hydroxylation is 1. The molecule has 1 aromatic heterocycles. The summed E-state index contributed by atoms with van der Waals surface area (Å²) in [6.07, 6.45) is 1.14. The third-order valence-electron chi connectivity index (χ3n) is 3.85. The number of halogens is 1.